The average Bonchev–Trinajstić information content (AvgIpc) is 2.37. The van der Waals surface area contributed by atoms with Crippen molar-refractivity contribution in [3.05, 3.63) is 21.9 Å². The minimum Gasteiger partial charge on any atom is -0.480 e. The van der Waals surface area contributed by atoms with Crippen molar-refractivity contribution in [2.75, 3.05) is 7.05 Å². The molecule has 0 saturated heterocycles. The molecule has 2 N–H and O–H groups in total. The summed E-state index contributed by atoms with van der Waals surface area (Å²) in [5, 5.41) is 11.5. The van der Waals surface area contributed by atoms with Gasteiger partial charge in [-0.2, -0.15) is 0 Å². The third-order valence-corrected chi connectivity index (χ3v) is 2.65. The van der Waals surface area contributed by atoms with Crippen molar-refractivity contribution in [1.29, 1.82) is 0 Å². The van der Waals surface area contributed by atoms with E-state index in [1.807, 2.05) is 19.1 Å². The van der Waals surface area contributed by atoms with Crippen LogP contribution in [-0.4, -0.2) is 18.1 Å². The van der Waals surface area contributed by atoms with Gasteiger partial charge in [0.15, 0.2) is 0 Å². The largest absolute Gasteiger partial charge is 0.480 e. The highest BCUT2D eigenvalue weighted by Gasteiger charge is 2.18. The third kappa shape index (κ3) is 1.84. The zero-order chi connectivity index (χ0) is 9.14. The van der Waals surface area contributed by atoms with Gasteiger partial charge in [-0.15, -0.1) is 11.3 Å². The van der Waals surface area contributed by atoms with Crippen LogP contribution < -0.4 is 5.32 Å². The molecule has 0 saturated carbocycles. The first kappa shape index (κ1) is 9.22. The van der Waals surface area contributed by atoms with Crippen LogP contribution >= 0.6 is 11.3 Å². The summed E-state index contributed by atoms with van der Waals surface area (Å²) >= 11 is 1.51. The van der Waals surface area contributed by atoms with Gasteiger partial charge in [-0.3, -0.25) is 4.79 Å². The molecule has 3 nitrogen and oxygen atoms in total. The molecule has 1 aromatic heterocycles. The Kier molecular flexibility index (Phi) is 2.83. The smallest absolute Gasteiger partial charge is 0.326 e. The minimum absolute atomic E-state index is 0.566. The number of carbonyl (C=O) groups is 1. The molecule has 0 aliphatic carbocycles. The van der Waals surface area contributed by atoms with Gasteiger partial charge in [0.1, 0.15) is 6.04 Å². The van der Waals surface area contributed by atoms with E-state index in [9.17, 15) is 4.79 Å². The van der Waals surface area contributed by atoms with Crippen molar-refractivity contribution in [3.63, 3.8) is 0 Å². The maximum atomic E-state index is 10.7. The number of rotatable bonds is 3. The molecule has 0 bridgehead atoms. The predicted octanol–water partition coefficient (Wildman–Crippen LogP) is 1.40. The third-order valence-electron chi connectivity index (χ3n) is 1.58. The van der Waals surface area contributed by atoms with Crippen LogP contribution in [0.25, 0.3) is 0 Å². The first-order valence-electron chi connectivity index (χ1n) is 3.61. The lowest BCUT2D eigenvalue weighted by Crippen LogP contribution is -2.23. The SMILES string of the molecule is CN[C@@H](C(=O)O)c1ccc(C)s1. The van der Waals surface area contributed by atoms with Crippen LogP contribution in [0.2, 0.25) is 0 Å². The molecule has 0 aliphatic heterocycles. The van der Waals surface area contributed by atoms with Gasteiger partial charge in [0, 0.05) is 9.75 Å². The van der Waals surface area contributed by atoms with Crippen molar-refractivity contribution in [1.82, 2.24) is 5.32 Å². The van der Waals surface area contributed by atoms with E-state index >= 15 is 0 Å². The average molecular weight is 185 g/mol. The normalized spacial score (nSPS) is 12.8. The maximum absolute atomic E-state index is 10.7. The Morgan fingerprint density at radius 2 is 2.33 bits per heavy atom. The number of carboxylic acids is 1. The fraction of sp³-hybridized carbons (Fsp3) is 0.375. The molecular weight excluding hydrogens is 174 g/mol. The quantitative estimate of drug-likeness (QED) is 0.748. The molecule has 0 spiro atoms. The molecule has 0 aliphatic rings. The zero-order valence-electron chi connectivity index (χ0n) is 7.00. The van der Waals surface area contributed by atoms with Gasteiger partial charge in [-0.05, 0) is 26.1 Å². The monoisotopic (exact) mass is 185 g/mol. The lowest BCUT2D eigenvalue weighted by atomic mass is 10.2. The van der Waals surface area contributed by atoms with Crippen LogP contribution in [-0.2, 0) is 4.79 Å². The molecule has 66 valence electrons. The minimum atomic E-state index is -0.834. The molecule has 1 atom stereocenters. The number of aliphatic carboxylic acids is 1. The van der Waals surface area contributed by atoms with Crippen LogP contribution in [0.15, 0.2) is 12.1 Å². The van der Waals surface area contributed by atoms with Crippen LogP contribution in [0.5, 0.6) is 0 Å². The van der Waals surface area contributed by atoms with E-state index in [0.717, 1.165) is 9.75 Å². The van der Waals surface area contributed by atoms with Gasteiger partial charge in [0.05, 0.1) is 0 Å². The summed E-state index contributed by atoms with van der Waals surface area (Å²) in [6, 6.07) is 3.20. The lowest BCUT2D eigenvalue weighted by Gasteiger charge is -2.07. The fourth-order valence-electron chi connectivity index (χ4n) is 0.996. The van der Waals surface area contributed by atoms with Crippen molar-refractivity contribution in [3.8, 4) is 0 Å². The summed E-state index contributed by atoms with van der Waals surface area (Å²) in [5.41, 5.74) is 0. The number of thiophene rings is 1. The van der Waals surface area contributed by atoms with Gasteiger partial charge < -0.3 is 10.4 Å². The molecule has 0 unspecified atom stereocenters. The van der Waals surface area contributed by atoms with E-state index in [1.54, 1.807) is 7.05 Å². The maximum Gasteiger partial charge on any atom is 0.326 e. The van der Waals surface area contributed by atoms with Crippen molar-refractivity contribution in [2.24, 2.45) is 0 Å². The first-order valence-corrected chi connectivity index (χ1v) is 4.43. The van der Waals surface area contributed by atoms with E-state index in [1.165, 1.54) is 11.3 Å². The summed E-state index contributed by atoms with van der Waals surface area (Å²) in [6.07, 6.45) is 0. The summed E-state index contributed by atoms with van der Waals surface area (Å²) < 4.78 is 0. The second-order valence-corrected chi connectivity index (χ2v) is 3.83. The number of aryl methyl sites for hydroxylation is 1. The van der Waals surface area contributed by atoms with E-state index < -0.39 is 12.0 Å². The number of hydrogen-bond acceptors (Lipinski definition) is 3. The van der Waals surface area contributed by atoms with Crippen molar-refractivity contribution >= 4 is 17.3 Å². The first-order chi connectivity index (χ1) is 5.65. The van der Waals surface area contributed by atoms with Crippen molar-refractivity contribution in [2.45, 2.75) is 13.0 Å². The molecule has 4 heteroatoms. The Hall–Kier alpha value is -0.870. The molecule has 12 heavy (non-hydrogen) atoms. The Morgan fingerprint density at radius 3 is 2.67 bits per heavy atom. The Labute approximate surface area is 75.0 Å². The number of hydrogen-bond donors (Lipinski definition) is 2. The van der Waals surface area contributed by atoms with E-state index in [-0.39, 0.29) is 0 Å². The standard InChI is InChI=1S/C8H11NO2S/c1-5-3-4-6(12-5)7(9-2)8(10)11/h3-4,7,9H,1-2H3,(H,10,11)/t7-/m1/s1. The van der Waals surface area contributed by atoms with Crippen LogP contribution in [0.3, 0.4) is 0 Å². The van der Waals surface area contributed by atoms with Gasteiger partial charge in [0.25, 0.3) is 0 Å². The molecule has 1 heterocycles. The van der Waals surface area contributed by atoms with E-state index in [4.69, 9.17) is 5.11 Å². The van der Waals surface area contributed by atoms with Crippen molar-refractivity contribution < 1.29 is 9.90 Å². The van der Waals surface area contributed by atoms with Crippen LogP contribution in [0, 0.1) is 6.92 Å². The van der Waals surface area contributed by atoms with E-state index in [0.29, 0.717) is 0 Å². The number of nitrogens with one attached hydrogen (secondary N) is 1. The summed E-state index contributed by atoms with van der Waals surface area (Å²) in [6.45, 7) is 1.96. The predicted molar refractivity (Wildman–Crippen MR) is 48.5 cm³/mol. The summed E-state index contributed by atoms with van der Waals surface area (Å²) in [5.74, 6) is -0.834. The van der Waals surface area contributed by atoms with Crippen LogP contribution in [0.4, 0.5) is 0 Å². The highest BCUT2D eigenvalue weighted by Crippen LogP contribution is 2.22. The van der Waals surface area contributed by atoms with Crippen LogP contribution in [0.1, 0.15) is 15.8 Å². The van der Waals surface area contributed by atoms with E-state index in [2.05, 4.69) is 5.32 Å². The Bertz CT molecular complexity index is 282. The molecule has 0 amide bonds. The Morgan fingerprint density at radius 1 is 1.67 bits per heavy atom. The van der Waals surface area contributed by atoms with Gasteiger partial charge >= 0.3 is 5.97 Å². The topological polar surface area (TPSA) is 49.3 Å². The highest BCUT2D eigenvalue weighted by molar-refractivity contribution is 7.12. The summed E-state index contributed by atoms with van der Waals surface area (Å²) in [7, 11) is 1.65. The molecule has 0 radical (unpaired) electrons. The lowest BCUT2D eigenvalue weighted by molar-refractivity contribution is -0.139. The zero-order valence-corrected chi connectivity index (χ0v) is 7.81. The molecule has 1 aromatic rings. The Balaban J connectivity index is 2.87. The molecule has 0 aromatic carbocycles. The second kappa shape index (κ2) is 3.69. The fourth-order valence-corrected chi connectivity index (χ4v) is 1.98. The molecule has 0 fully saturated rings. The molecular formula is C8H11NO2S. The van der Waals surface area contributed by atoms with Gasteiger partial charge in [-0.1, -0.05) is 0 Å². The van der Waals surface area contributed by atoms with Gasteiger partial charge in [-0.25, -0.2) is 0 Å². The highest BCUT2D eigenvalue weighted by atomic mass is 32.1. The second-order valence-electron chi connectivity index (χ2n) is 2.51. The van der Waals surface area contributed by atoms with Gasteiger partial charge in [0.2, 0.25) is 0 Å². The number of likely N-dealkylation sites (N-methyl/N-ethyl adjacent to an activating group) is 1. The summed E-state index contributed by atoms with van der Waals surface area (Å²) in [4.78, 5) is 12.7. The number of carboxylic acid groups (broad SMARTS) is 1. The molecule has 1 rings (SSSR count).